The van der Waals surface area contributed by atoms with Gasteiger partial charge in [-0.25, -0.2) is 4.79 Å². The topological polar surface area (TPSA) is 72.3 Å². The van der Waals surface area contributed by atoms with Gasteiger partial charge in [-0.2, -0.15) is 0 Å². The number of hydrogen-bond donors (Lipinski definition) is 1. The van der Waals surface area contributed by atoms with Crippen LogP contribution in [0.1, 0.15) is 17.4 Å². The molecule has 0 atom stereocenters. The molecule has 0 unspecified atom stereocenters. The van der Waals surface area contributed by atoms with Crippen molar-refractivity contribution >= 4 is 17.6 Å². The zero-order valence-corrected chi connectivity index (χ0v) is 7.58. The van der Waals surface area contributed by atoms with Gasteiger partial charge in [0.1, 0.15) is 0 Å². The van der Waals surface area contributed by atoms with E-state index in [0.29, 0.717) is 6.61 Å². The van der Waals surface area contributed by atoms with E-state index in [1.165, 1.54) is 6.07 Å². The molecule has 6 heteroatoms. The van der Waals surface area contributed by atoms with Gasteiger partial charge in [0, 0.05) is 6.07 Å². The monoisotopic (exact) mass is 202 g/mol. The summed E-state index contributed by atoms with van der Waals surface area (Å²) in [4.78, 5) is 10.5. The molecule has 0 radical (unpaired) electrons. The molecule has 70 valence electrons. The minimum atomic E-state index is -1.16. The number of halogens is 1. The van der Waals surface area contributed by atoms with Crippen LogP contribution in [0.25, 0.3) is 0 Å². The molecule has 0 aliphatic rings. The summed E-state index contributed by atoms with van der Waals surface area (Å²) in [7, 11) is 0. The first-order chi connectivity index (χ1) is 6.15. The van der Waals surface area contributed by atoms with Crippen molar-refractivity contribution in [1.29, 1.82) is 0 Å². The number of aromatic nitrogens is 2. The van der Waals surface area contributed by atoms with Gasteiger partial charge in [0.15, 0.2) is 16.6 Å². The van der Waals surface area contributed by atoms with Gasteiger partial charge in [-0.05, 0) is 6.92 Å². The van der Waals surface area contributed by atoms with Crippen LogP contribution < -0.4 is 4.74 Å². The lowest BCUT2D eigenvalue weighted by Crippen LogP contribution is -2.04. The minimum absolute atomic E-state index is 0.0619. The number of rotatable bonds is 3. The average Bonchev–Trinajstić information content (AvgIpc) is 2.08. The zero-order chi connectivity index (χ0) is 9.84. The van der Waals surface area contributed by atoms with Gasteiger partial charge in [-0.15, -0.1) is 10.2 Å². The molecule has 0 fully saturated rings. The highest BCUT2D eigenvalue weighted by Gasteiger charge is 2.10. The molecule has 0 aliphatic carbocycles. The Balaban J connectivity index is 3.03. The van der Waals surface area contributed by atoms with Gasteiger partial charge in [0.05, 0.1) is 6.61 Å². The number of carbonyl (C=O) groups is 1. The SMILES string of the molecule is CCOc1cc(C(=O)O)nnc1Cl. The van der Waals surface area contributed by atoms with Crippen molar-refractivity contribution in [2.24, 2.45) is 0 Å². The largest absolute Gasteiger partial charge is 0.490 e. The Kier molecular flexibility index (Phi) is 3.02. The summed E-state index contributed by atoms with van der Waals surface area (Å²) in [5.74, 6) is -0.929. The molecule has 0 bridgehead atoms. The molecular formula is C7H7ClN2O3. The molecule has 1 heterocycles. The summed E-state index contributed by atoms with van der Waals surface area (Å²) in [6.07, 6.45) is 0. The molecular weight excluding hydrogens is 196 g/mol. The molecule has 13 heavy (non-hydrogen) atoms. The van der Waals surface area contributed by atoms with Crippen molar-refractivity contribution in [3.05, 3.63) is 16.9 Å². The Morgan fingerprint density at radius 1 is 1.69 bits per heavy atom. The van der Waals surface area contributed by atoms with Crippen LogP contribution in [-0.2, 0) is 0 Å². The smallest absolute Gasteiger partial charge is 0.356 e. The molecule has 0 amide bonds. The Morgan fingerprint density at radius 3 is 2.92 bits per heavy atom. The van der Waals surface area contributed by atoms with E-state index < -0.39 is 5.97 Å². The highest BCUT2D eigenvalue weighted by Crippen LogP contribution is 2.21. The summed E-state index contributed by atoms with van der Waals surface area (Å²) < 4.78 is 5.03. The predicted molar refractivity (Wildman–Crippen MR) is 45.2 cm³/mol. The normalized spacial score (nSPS) is 9.69. The summed E-state index contributed by atoms with van der Waals surface area (Å²) in [6, 6.07) is 1.24. The van der Waals surface area contributed by atoms with E-state index in [1.807, 2.05) is 0 Å². The molecule has 1 aromatic rings. The third-order valence-corrected chi connectivity index (χ3v) is 1.50. The van der Waals surface area contributed by atoms with Crippen molar-refractivity contribution in [2.45, 2.75) is 6.92 Å². The fraction of sp³-hybridized carbons (Fsp3) is 0.286. The lowest BCUT2D eigenvalue weighted by atomic mass is 10.4. The van der Waals surface area contributed by atoms with Crippen LogP contribution in [-0.4, -0.2) is 27.9 Å². The van der Waals surface area contributed by atoms with Crippen LogP contribution in [0, 0.1) is 0 Å². The van der Waals surface area contributed by atoms with Crippen molar-refractivity contribution in [3.8, 4) is 5.75 Å². The number of carboxylic acids is 1. The van der Waals surface area contributed by atoms with Crippen molar-refractivity contribution in [2.75, 3.05) is 6.61 Å². The van der Waals surface area contributed by atoms with Gasteiger partial charge < -0.3 is 9.84 Å². The van der Waals surface area contributed by atoms with E-state index in [-0.39, 0.29) is 16.6 Å². The van der Waals surface area contributed by atoms with Crippen molar-refractivity contribution in [1.82, 2.24) is 10.2 Å². The van der Waals surface area contributed by atoms with E-state index >= 15 is 0 Å². The fourth-order valence-corrected chi connectivity index (χ4v) is 0.868. The maximum absolute atomic E-state index is 10.5. The maximum atomic E-state index is 10.5. The van der Waals surface area contributed by atoms with Crippen LogP contribution in [0.15, 0.2) is 6.07 Å². The molecule has 5 nitrogen and oxygen atoms in total. The second-order valence-corrected chi connectivity index (χ2v) is 2.48. The highest BCUT2D eigenvalue weighted by molar-refractivity contribution is 6.30. The van der Waals surface area contributed by atoms with Gasteiger partial charge in [-0.3, -0.25) is 0 Å². The molecule has 1 rings (SSSR count). The van der Waals surface area contributed by atoms with Gasteiger partial charge in [-0.1, -0.05) is 11.6 Å². The molecule has 1 aromatic heterocycles. The molecule has 0 aliphatic heterocycles. The fourth-order valence-electron chi connectivity index (χ4n) is 0.721. The van der Waals surface area contributed by atoms with Crippen LogP contribution in [0.4, 0.5) is 0 Å². The molecule has 0 saturated carbocycles. The van der Waals surface area contributed by atoms with Crippen molar-refractivity contribution in [3.63, 3.8) is 0 Å². The summed E-state index contributed by atoms with van der Waals surface area (Å²) in [6.45, 7) is 2.15. The highest BCUT2D eigenvalue weighted by atomic mass is 35.5. The molecule has 0 aromatic carbocycles. The third-order valence-electron chi connectivity index (χ3n) is 1.24. The van der Waals surface area contributed by atoms with Crippen LogP contribution >= 0.6 is 11.6 Å². The first-order valence-corrected chi connectivity index (χ1v) is 3.92. The van der Waals surface area contributed by atoms with Crippen molar-refractivity contribution < 1.29 is 14.6 Å². The second kappa shape index (κ2) is 4.04. The summed E-state index contributed by atoms with van der Waals surface area (Å²) in [5.41, 5.74) is -0.187. The Morgan fingerprint density at radius 2 is 2.38 bits per heavy atom. The molecule has 1 N–H and O–H groups in total. The van der Waals surface area contributed by atoms with E-state index in [4.69, 9.17) is 21.4 Å². The Labute approximate surface area is 79.3 Å². The van der Waals surface area contributed by atoms with E-state index in [9.17, 15) is 4.79 Å². The second-order valence-electron chi connectivity index (χ2n) is 2.12. The molecule has 0 spiro atoms. The third kappa shape index (κ3) is 2.29. The lowest BCUT2D eigenvalue weighted by Gasteiger charge is -2.03. The predicted octanol–water partition coefficient (Wildman–Crippen LogP) is 1.23. The number of hydrogen-bond acceptors (Lipinski definition) is 4. The first-order valence-electron chi connectivity index (χ1n) is 3.54. The van der Waals surface area contributed by atoms with Gasteiger partial charge in [0.2, 0.25) is 0 Å². The van der Waals surface area contributed by atoms with Crippen LogP contribution in [0.2, 0.25) is 5.15 Å². The number of carboxylic acid groups (broad SMARTS) is 1. The number of aromatic carboxylic acids is 1. The van der Waals surface area contributed by atoms with E-state index in [0.717, 1.165) is 0 Å². The standard InChI is InChI=1S/C7H7ClN2O3/c1-2-13-5-3-4(7(11)12)9-10-6(5)8/h3H,2H2,1H3,(H,11,12). The molecule has 0 saturated heterocycles. The summed E-state index contributed by atoms with van der Waals surface area (Å²) >= 11 is 5.59. The lowest BCUT2D eigenvalue weighted by molar-refractivity contribution is 0.0688. The van der Waals surface area contributed by atoms with Gasteiger partial charge in [0.25, 0.3) is 0 Å². The first kappa shape index (κ1) is 9.73. The average molecular weight is 203 g/mol. The quantitative estimate of drug-likeness (QED) is 0.798. The number of nitrogens with zero attached hydrogens (tertiary/aromatic N) is 2. The Hall–Kier alpha value is -1.36. The van der Waals surface area contributed by atoms with Gasteiger partial charge >= 0.3 is 5.97 Å². The summed E-state index contributed by atoms with van der Waals surface area (Å²) in [5, 5.41) is 15.4. The Bertz CT molecular complexity index is 330. The van der Waals surface area contributed by atoms with E-state index in [2.05, 4.69) is 10.2 Å². The van der Waals surface area contributed by atoms with Crippen LogP contribution in [0.5, 0.6) is 5.75 Å². The number of ether oxygens (including phenoxy) is 1. The minimum Gasteiger partial charge on any atom is -0.490 e. The van der Waals surface area contributed by atoms with E-state index in [1.54, 1.807) is 6.92 Å². The van der Waals surface area contributed by atoms with Crippen LogP contribution in [0.3, 0.4) is 0 Å². The maximum Gasteiger partial charge on any atom is 0.356 e. The zero-order valence-electron chi connectivity index (χ0n) is 6.82.